The number of nitrogens with one attached hydrogen (secondary N) is 1. The average Bonchev–Trinajstić information content (AvgIpc) is 3.15. The molecular formula is C19H21N7O. The Morgan fingerprint density at radius 1 is 1.11 bits per heavy atom. The summed E-state index contributed by atoms with van der Waals surface area (Å²) in [4.78, 5) is 15.3. The number of carbonyl (C=O) groups excluding carboxylic acids is 1. The molecule has 0 saturated carbocycles. The molecule has 1 N–H and O–H groups in total. The molecule has 0 aliphatic heterocycles. The fourth-order valence-corrected chi connectivity index (χ4v) is 2.39. The van der Waals surface area contributed by atoms with E-state index < -0.39 is 0 Å². The maximum Gasteiger partial charge on any atom is 0.263 e. The first-order valence-electron chi connectivity index (χ1n) is 8.47. The van der Waals surface area contributed by atoms with Gasteiger partial charge >= 0.3 is 0 Å². The molecule has 0 spiro atoms. The quantitative estimate of drug-likeness (QED) is 0.534. The molecule has 1 heterocycles. The van der Waals surface area contributed by atoms with Gasteiger partial charge in [-0.15, -0.1) is 10.2 Å². The zero-order valence-electron chi connectivity index (χ0n) is 15.5. The number of rotatable bonds is 6. The summed E-state index contributed by atoms with van der Waals surface area (Å²) in [6, 6.07) is 17.4. The highest BCUT2D eigenvalue weighted by atomic mass is 16.2. The van der Waals surface area contributed by atoms with Crippen LogP contribution in [0.5, 0.6) is 0 Å². The van der Waals surface area contributed by atoms with E-state index >= 15 is 0 Å². The lowest BCUT2D eigenvalue weighted by Gasteiger charge is -2.12. The fourth-order valence-electron chi connectivity index (χ4n) is 2.39. The van der Waals surface area contributed by atoms with Crippen LogP contribution in [0.1, 0.15) is 12.5 Å². The summed E-state index contributed by atoms with van der Waals surface area (Å²) in [7, 11) is 3.97. The van der Waals surface area contributed by atoms with E-state index in [0.717, 1.165) is 16.8 Å². The number of nitrogens with zero attached hydrogens (tertiary/aromatic N) is 6. The molecule has 0 fully saturated rings. The second-order valence-corrected chi connectivity index (χ2v) is 6.18. The van der Waals surface area contributed by atoms with Crippen molar-refractivity contribution >= 4 is 17.3 Å². The van der Waals surface area contributed by atoms with Crippen LogP contribution < -0.4 is 10.3 Å². The van der Waals surface area contributed by atoms with Crippen molar-refractivity contribution in [2.24, 2.45) is 5.10 Å². The maximum absolute atomic E-state index is 12.1. The molecule has 1 aromatic heterocycles. The monoisotopic (exact) mass is 363 g/mol. The number of hydrogen-bond donors (Lipinski definition) is 1. The van der Waals surface area contributed by atoms with E-state index in [4.69, 9.17) is 0 Å². The maximum atomic E-state index is 12.1. The van der Waals surface area contributed by atoms with E-state index in [2.05, 4.69) is 25.9 Å². The van der Waals surface area contributed by atoms with Gasteiger partial charge in [-0.3, -0.25) is 4.79 Å². The molecule has 0 radical (unpaired) electrons. The summed E-state index contributed by atoms with van der Waals surface area (Å²) in [5, 5.41) is 16.2. The van der Waals surface area contributed by atoms with Crippen LogP contribution in [-0.2, 0) is 11.3 Å². The molecule has 8 nitrogen and oxygen atoms in total. The van der Waals surface area contributed by atoms with Crippen LogP contribution in [-0.4, -0.2) is 45.9 Å². The average molecular weight is 363 g/mol. The second-order valence-electron chi connectivity index (χ2n) is 6.18. The molecule has 0 saturated heterocycles. The third-order valence-corrected chi connectivity index (χ3v) is 3.92. The zero-order chi connectivity index (χ0) is 19.2. The summed E-state index contributed by atoms with van der Waals surface area (Å²) >= 11 is 0. The lowest BCUT2D eigenvalue weighted by Crippen LogP contribution is -2.25. The molecule has 0 bridgehead atoms. The third-order valence-electron chi connectivity index (χ3n) is 3.92. The van der Waals surface area contributed by atoms with Crippen molar-refractivity contribution in [3.63, 3.8) is 0 Å². The lowest BCUT2D eigenvalue weighted by molar-refractivity contribution is -0.122. The first-order chi connectivity index (χ1) is 13.0. The molecule has 138 valence electrons. The number of aromatic nitrogens is 4. The van der Waals surface area contributed by atoms with Crippen molar-refractivity contribution in [2.45, 2.75) is 13.5 Å². The number of anilines is 1. The molecule has 8 heteroatoms. The van der Waals surface area contributed by atoms with Crippen LogP contribution in [0.25, 0.3) is 11.4 Å². The van der Waals surface area contributed by atoms with Gasteiger partial charge in [0, 0.05) is 25.3 Å². The van der Waals surface area contributed by atoms with E-state index in [1.165, 1.54) is 4.80 Å². The van der Waals surface area contributed by atoms with Crippen molar-refractivity contribution in [3.05, 3.63) is 60.2 Å². The van der Waals surface area contributed by atoms with E-state index in [0.29, 0.717) is 11.5 Å². The highest BCUT2D eigenvalue weighted by Gasteiger charge is 2.09. The Bertz CT molecular complexity index is 930. The van der Waals surface area contributed by atoms with Gasteiger partial charge in [0.15, 0.2) is 0 Å². The van der Waals surface area contributed by atoms with E-state index in [1.807, 2.05) is 80.5 Å². The fraction of sp³-hybridized carbons (Fsp3) is 0.211. The van der Waals surface area contributed by atoms with Crippen LogP contribution in [0, 0.1) is 0 Å². The van der Waals surface area contributed by atoms with Crippen LogP contribution >= 0.6 is 0 Å². The SMILES string of the molecule is C/C(=N/NC(=O)Cn1nnc(-c2ccccc2)n1)c1ccc(N(C)C)cc1. The van der Waals surface area contributed by atoms with Gasteiger partial charge in [0.1, 0.15) is 6.54 Å². The standard InChI is InChI=1S/C19H21N7O/c1-14(15-9-11-17(12-10-15)25(2)3)20-21-18(27)13-26-23-19(22-24-26)16-7-5-4-6-8-16/h4-12H,13H2,1-3H3,(H,21,27)/b20-14-. The predicted molar refractivity (Wildman–Crippen MR) is 104 cm³/mol. The normalized spacial score (nSPS) is 11.3. The Morgan fingerprint density at radius 3 is 2.48 bits per heavy atom. The van der Waals surface area contributed by atoms with Crippen LogP contribution in [0.2, 0.25) is 0 Å². The Hall–Kier alpha value is -3.55. The van der Waals surface area contributed by atoms with Crippen molar-refractivity contribution in [2.75, 3.05) is 19.0 Å². The van der Waals surface area contributed by atoms with Gasteiger partial charge in [0.05, 0.1) is 5.71 Å². The number of amides is 1. The molecule has 0 aliphatic rings. The van der Waals surface area contributed by atoms with Gasteiger partial charge in [-0.2, -0.15) is 9.90 Å². The summed E-state index contributed by atoms with van der Waals surface area (Å²) in [6.07, 6.45) is 0. The number of hydrazone groups is 1. The largest absolute Gasteiger partial charge is 0.378 e. The van der Waals surface area contributed by atoms with Gasteiger partial charge in [0.2, 0.25) is 5.82 Å². The molecule has 27 heavy (non-hydrogen) atoms. The molecule has 0 aliphatic carbocycles. The minimum atomic E-state index is -0.323. The highest BCUT2D eigenvalue weighted by molar-refractivity contribution is 5.99. The highest BCUT2D eigenvalue weighted by Crippen LogP contribution is 2.13. The van der Waals surface area contributed by atoms with Gasteiger partial charge < -0.3 is 4.90 Å². The van der Waals surface area contributed by atoms with Gasteiger partial charge in [-0.25, -0.2) is 5.43 Å². The van der Waals surface area contributed by atoms with Crippen molar-refractivity contribution < 1.29 is 4.79 Å². The number of tetrazole rings is 1. The zero-order valence-corrected chi connectivity index (χ0v) is 15.5. The van der Waals surface area contributed by atoms with Crippen molar-refractivity contribution in [1.29, 1.82) is 0 Å². The summed E-state index contributed by atoms with van der Waals surface area (Å²) in [5.41, 5.74) is 6.12. The number of carbonyl (C=O) groups is 1. The minimum absolute atomic E-state index is 0.0593. The third kappa shape index (κ3) is 4.75. The summed E-state index contributed by atoms with van der Waals surface area (Å²) in [5.74, 6) is 0.153. The Morgan fingerprint density at radius 2 is 1.81 bits per heavy atom. The molecule has 3 rings (SSSR count). The summed E-state index contributed by atoms with van der Waals surface area (Å²) < 4.78 is 0. The topological polar surface area (TPSA) is 88.3 Å². The Balaban J connectivity index is 1.59. The summed E-state index contributed by atoms with van der Waals surface area (Å²) in [6.45, 7) is 1.78. The second kappa shape index (κ2) is 8.22. The van der Waals surface area contributed by atoms with E-state index in [1.54, 1.807) is 0 Å². The van der Waals surface area contributed by atoms with E-state index in [9.17, 15) is 4.79 Å². The minimum Gasteiger partial charge on any atom is -0.378 e. The molecule has 0 atom stereocenters. The van der Waals surface area contributed by atoms with Crippen LogP contribution in [0.15, 0.2) is 59.7 Å². The molecule has 0 unspecified atom stereocenters. The van der Waals surface area contributed by atoms with Gasteiger partial charge in [-0.05, 0) is 29.8 Å². The number of hydrogen-bond acceptors (Lipinski definition) is 6. The first-order valence-corrected chi connectivity index (χ1v) is 8.47. The van der Waals surface area contributed by atoms with Gasteiger partial charge in [-0.1, -0.05) is 42.5 Å². The lowest BCUT2D eigenvalue weighted by atomic mass is 10.1. The van der Waals surface area contributed by atoms with Crippen LogP contribution in [0.4, 0.5) is 5.69 Å². The molecule has 3 aromatic rings. The smallest absolute Gasteiger partial charge is 0.263 e. The van der Waals surface area contributed by atoms with Crippen molar-refractivity contribution in [3.8, 4) is 11.4 Å². The molecular weight excluding hydrogens is 342 g/mol. The molecule has 1 amide bonds. The number of benzene rings is 2. The van der Waals surface area contributed by atoms with Crippen LogP contribution in [0.3, 0.4) is 0 Å². The Labute approximate surface area is 157 Å². The molecule has 2 aromatic carbocycles. The van der Waals surface area contributed by atoms with Crippen molar-refractivity contribution in [1.82, 2.24) is 25.6 Å². The first kappa shape index (κ1) is 18.2. The Kier molecular flexibility index (Phi) is 5.55. The van der Waals surface area contributed by atoms with E-state index in [-0.39, 0.29) is 12.5 Å². The predicted octanol–water partition coefficient (Wildman–Crippen LogP) is 1.95. The van der Waals surface area contributed by atoms with Gasteiger partial charge in [0.25, 0.3) is 5.91 Å².